The van der Waals surface area contributed by atoms with Crippen molar-refractivity contribution in [3.05, 3.63) is 29.6 Å². The molecule has 16 heavy (non-hydrogen) atoms. The van der Waals surface area contributed by atoms with Crippen LogP contribution in [0.5, 0.6) is 0 Å². The third-order valence-electron chi connectivity index (χ3n) is 3.14. The van der Waals surface area contributed by atoms with Gasteiger partial charge in [0.05, 0.1) is 0 Å². The molecule has 1 aromatic rings. The molecule has 0 aromatic carbocycles. The average Bonchev–Trinajstić information content (AvgIpc) is 2.78. The number of hydrogen-bond donors (Lipinski definition) is 1. The van der Waals surface area contributed by atoms with E-state index >= 15 is 0 Å². The van der Waals surface area contributed by atoms with Gasteiger partial charge in [-0.05, 0) is 50.4 Å². The molecule has 0 radical (unpaired) electrons. The Hall–Kier alpha value is -1.22. The zero-order valence-electron chi connectivity index (χ0n) is 9.70. The van der Waals surface area contributed by atoms with Crippen LogP contribution in [0.3, 0.4) is 0 Å². The van der Waals surface area contributed by atoms with Crippen LogP contribution < -0.4 is 5.32 Å². The van der Waals surface area contributed by atoms with Crippen LogP contribution in [0, 0.1) is 12.8 Å². The van der Waals surface area contributed by atoms with E-state index < -0.39 is 0 Å². The van der Waals surface area contributed by atoms with Crippen LogP contribution in [0.15, 0.2) is 18.5 Å². The fourth-order valence-electron chi connectivity index (χ4n) is 2.15. The number of aromatic nitrogens is 1. The van der Waals surface area contributed by atoms with Gasteiger partial charge >= 0.3 is 0 Å². The zero-order valence-corrected chi connectivity index (χ0v) is 9.70. The summed E-state index contributed by atoms with van der Waals surface area (Å²) in [7, 11) is 0. The highest BCUT2D eigenvalue weighted by Crippen LogP contribution is 2.16. The monoisotopic (exact) mass is 218 g/mol. The van der Waals surface area contributed by atoms with Gasteiger partial charge in [0, 0.05) is 24.4 Å². The van der Waals surface area contributed by atoms with Crippen molar-refractivity contribution in [2.75, 3.05) is 13.1 Å². The number of Topliss-reactive ketones (excluding diaryl/α,β-unsaturated/α-hetero) is 1. The van der Waals surface area contributed by atoms with E-state index in [0.29, 0.717) is 12.3 Å². The molecule has 1 aliphatic heterocycles. The first-order valence-corrected chi connectivity index (χ1v) is 5.91. The minimum atomic E-state index is 0.225. The number of ketones is 1. The van der Waals surface area contributed by atoms with Gasteiger partial charge < -0.3 is 5.32 Å². The highest BCUT2D eigenvalue weighted by atomic mass is 16.1. The Morgan fingerprint density at radius 3 is 3.12 bits per heavy atom. The second-order valence-electron chi connectivity index (χ2n) is 4.57. The van der Waals surface area contributed by atoms with Crippen molar-refractivity contribution in [1.29, 1.82) is 0 Å². The Morgan fingerprint density at radius 2 is 2.44 bits per heavy atom. The van der Waals surface area contributed by atoms with Crippen molar-refractivity contribution in [3.63, 3.8) is 0 Å². The molecule has 1 unspecified atom stereocenters. The van der Waals surface area contributed by atoms with E-state index in [2.05, 4.69) is 10.3 Å². The lowest BCUT2D eigenvalue weighted by Gasteiger charge is -2.07. The summed E-state index contributed by atoms with van der Waals surface area (Å²) in [6.07, 6.45) is 6.30. The van der Waals surface area contributed by atoms with E-state index in [-0.39, 0.29) is 5.78 Å². The van der Waals surface area contributed by atoms with E-state index in [9.17, 15) is 4.79 Å². The number of aryl methyl sites for hydroxylation is 1. The molecule has 0 bridgehead atoms. The molecule has 2 rings (SSSR count). The van der Waals surface area contributed by atoms with Crippen molar-refractivity contribution < 1.29 is 4.79 Å². The quantitative estimate of drug-likeness (QED) is 0.785. The van der Waals surface area contributed by atoms with Crippen molar-refractivity contribution in [2.45, 2.75) is 26.2 Å². The number of nitrogens with one attached hydrogen (secondary N) is 1. The fraction of sp³-hybridized carbons (Fsp3) is 0.538. The minimum Gasteiger partial charge on any atom is -0.316 e. The third-order valence-corrected chi connectivity index (χ3v) is 3.14. The fourth-order valence-corrected chi connectivity index (χ4v) is 2.15. The Labute approximate surface area is 96.3 Å². The third kappa shape index (κ3) is 2.89. The molecule has 1 aromatic heterocycles. The molecular weight excluding hydrogens is 200 g/mol. The smallest absolute Gasteiger partial charge is 0.164 e. The van der Waals surface area contributed by atoms with Gasteiger partial charge in [-0.2, -0.15) is 0 Å². The second-order valence-corrected chi connectivity index (χ2v) is 4.57. The van der Waals surface area contributed by atoms with Crippen LogP contribution in [0.2, 0.25) is 0 Å². The molecule has 0 saturated carbocycles. The Balaban J connectivity index is 1.87. The van der Waals surface area contributed by atoms with Crippen molar-refractivity contribution in [2.24, 2.45) is 5.92 Å². The number of nitrogens with zero attached hydrogens (tertiary/aromatic N) is 1. The highest BCUT2D eigenvalue weighted by molar-refractivity contribution is 5.95. The summed E-state index contributed by atoms with van der Waals surface area (Å²) in [5, 5.41) is 3.32. The Kier molecular flexibility index (Phi) is 3.67. The highest BCUT2D eigenvalue weighted by Gasteiger charge is 2.16. The molecular formula is C13H18N2O. The first-order valence-electron chi connectivity index (χ1n) is 5.91. The first kappa shape index (κ1) is 11.3. The summed E-state index contributed by atoms with van der Waals surface area (Å²) in [6.45, 7) is 4.13. The molecule has 3 heteroatoms. The van der Waals surface area contributed by atoms with Crippen molar-refractivity contribution >= 4 is 5.78 Å². The maximum atomic E-state index is 11.9. The summed E-state index contributed by atoms with van der Waals surface area (Å²) < 4.78 is 0. The first-order chi connectivity index (χ1) is 7.75. The number of carbonyl (C=O) groups is 1. The number of pyridine rings is 1. The molecule has 86 valence electrons. The molecule has 3 nitrogen and oxygen atoms in total. The standard InChI is InChI=1S/C13H18N2O/c1-10-6-12(9-15-7-10)13(16)3-2-11-4-5-14-8-11/h6-7,9,11,14H,2-5,8H2,1H3. The lowest BCUT2D eigenvalue weighted by atomic mass is 9.98. The molecule has 1 fully saturated rings. The molecule has 0 spiro atoms. The average molecular weight is 218 g/mol. The summed E-state index contributed by atoms with van der Waals surface area (Å²) in [5.41, 5.74) is 1.80. The number of rotatable bonds is 4. The van der Waals surface area contributed by atoms with E-state index in [1.807, 2.05) is 13.0 Å². The van der Waals surface area contributed by atoms with Gasteiger partial charge in [0.15, 0.2) is 5.78 Å². The second kappa shape index (κ2) is 5.21. The summed E-state index contributed by atoms with van der Waals surface area (Å²) in [4.78, 5) is 15.9. The number of hydrogen-bond acceptors (Lipinski definition) is 3. The van der Waals surface area contributed by atoms with E-state index in [0.717, 1.165) is 30.6 Å². The predicted octanol–water partition coefficient (Wildman–Crippen LogP) is 1.96. The maximum absolute atomic E-state index is 11.9. The molecule has 1 N–H and O–H groups in total. The van der Waals surface area contributed by atoms with E-state index in [1.54, 1.807) is 12.4 Å². The van der Waals surface area contributed by atoms with Crippen LogP contribution in [0.4, 0.5) is 0 Å². The zero-order chi connectivity index (χ0) is 11.4. The van der Waals surface area contributed by atoms with Crippen LogP contribution in [0.25, 0.3) is 0 Å². The molecule has 1 saturated heterocycles. The summed E-state index contributed by atoms with van der Waals surface area (Å²) in [5.74, 6) is 0.907. The Morgan fingerprint density at radius 1 is 1.56 bits per heavy atom. The largest absolute Gasteiger partial charge is 0.316 e. The van der Waals surface area contributed by atoms with Crippen molar-refractivity contribution in [1.82, 2.24) is 10.3 Å². The normalized spacial score (nSPS) is 19.9. The van der Waals surface area contributed by atoms with Gasteiger partial charge in [-0.3, -0.25) is 9.78 Å². The summed E-state index contributed by atoms with van der Waals surface area (Å²) in [6, 6.07) is 1.92. The lowest BCUT2D eigenvalue weighted by Crippen LogP contribution is -2.10. The van der Waals surface area contributed by atoms with Gasteiger partial charge in [-0.15, -0.1) is 0 Å². The Bertz CT molecular complexity index is 370. The van der Waals surface area contributed by atoms with E-state index in [1.165, 1.54) is 6.42 Å². The topological polar surface area (TPSA) is 42.0 Å². The van der Waals surface area contributed by atoms with Gasteiger partial charge in [0.1, 0.15) is 0 Å². The van der Waals surface area contributed by atoms with Gasteiger partial charge in [-0.25, -0.2) is 0 Å². The molecule has 1 atom stereocenters. The SMILES string of the molecule is Cc1cncc(C(=O)CCC2CCNC2)c1. The van der Waals surface area contributed by atoms with Crippen LogP contribution >= 0.6 is 0 Å². The van der Waals surface area contributed by atoms with Crippen LogP contribution in [0.1, 0.15) is 35.2 Å². The summed E-state index contributed by atoms with van der Waals surface area (Å²) >= 11 is 0. The van der Waals surface area contributed by atoms with Crippen LogP contribution in [-0.2, 0) is 0 Å². The van der Waals surface area contributed by atoms with Gasteiger partial charge in [0.2, 0.25) is 0 Å². The van der Waals surface area contributed by atoms with Crippen molar-refractivity contribution in [3.8, 4) is 0 Å². The molecule has 1 aliphatic rings. The molecule has 2 heterocycles. The minimum absolute atomic E-state index is 0.225. The van der Waals surface area contributed by atoms with E-state index in [4.69, 9.17) is 0 Å². The molecule has 0 aliphatic carbocycles. The van der Waals surface area contributed by atoms with Crippen LogP contribution in [-0.4, -0.2) is 23.9 Å². The maximum Gasteiger partial charge on any atom is 0.164 e. The van der Waals surface area contributed by atoms with Gasteiger partial charge in [-0.1, -0.05) is 0 Å². The predicted molar refractivity (Wildman–Crippen MR) is 63.5 cm³/mol. The van der Waals surface area contributed by atoms with Gasteiger partial charge in [0.25, 0.3) is 0 Å². The number of carbonyl (C=O) groups excluding carboxylic acids is 1. The lowest BCUT2D eigenvalue weighted by molar-refractivity contribution is 0.0974. The molecule has 0 amide bonds.